The molecule has 3 amide bonds. The highest BCUT2D eigenvalue weighted by atomic mass is 32.1. The summed E-state index contributed by atoms with van der Waals surface area (Å²) in [5.41, 5.74) is 1.67. The number of carbonyl (C=O) groups is 2. The first-order valence-electron chi connectivity index (χ1n) is 8.38. The Morgan fingerprint density at radius 3 is 2.59 bits per heavy atom. The van der Waals surface area contributed by atoms with Crippen LogP contribution in [0.15, 0.2) is 53.5 Å². The number of aromatic nitrogens is 1. The first kappa shape index (κ1) is 18.7. The summed E-state index contributed by atoms with van der Waals surface area (Å²) in [4.78, 5) is 28.8. The molecule has 0 aliphatic carbocycles. The van der Waals surface area contributed by atoms with Gasteiger partial charge in [0.2, 0.25) is 5.91 Å². The number of ether oxygens (including phenoxy) is 1. The number of rotatable bonds is 5. The lowest BCUT2D eigenvalue weighted by Gasteiger charge is -2.07. The van der Waals surface area contributed by atoms with Gasteiger partial charge in [-0.1, -0.05) is 23.5 Å². The van der Waals surface area contributed by atoms with Crippen LogP contribution >= 0.6 is 11.3 Å². The third-order valence-electron chi connectivity index (χ3n) is 3.91. The number of anilines is 1. The average molecular weight is 384 g/mol. The van der Waals surface area contributed by atoms with Gasteiger partial charge in [0.1, 0.15) is 5.75 Å². The fraction of sp³-hybridized carbons (Fsp3) is 0.211. The van der Waals surface area contributed by atoms with Crippen molar-refractivity contribution in [2.24, 2.45) is 12.0 Å². The van der Waals surface area contributed by atoms with Gasteiger partial charge < -0.3 is 19.9 Å². The number of para-hydroxylation sites is 1. The molecule has 0 spiro atoms. The molecule has 0 saturated carbocycles. The summed E-state index contributed by atoms with van der Waals surface area (Å²) < 4.78 is 8.03. The predicted octanol–water partition coefficient (Wildman–Crippen LogP) is 2.89. The standard InChI is InChI=1S/C19H20N4O3S/c1-23-15-5-3-4-6-16(15)27-19(23)22-17(24)11-12-20-18(25)21-13-7-9-14(26-2)10-8-13/h3-10H,11-12H2,1-2H3,(H2,20,21,25). The summed E-state index contributed by atoms with van der Waals surface area (Å²) >= 11 is 1.46. The molecule has 7 nitrogen and oxygen atoms in total. The summed E-state index contributed by atoms with van der Waals surface area (Å²) in [5, 5.41) is 5.35. The van der Waals surface area contributed by atoms with Crippen LogP contribution in [-0.2, 0) is 11.8 Å². The number of fused-ring (bicyclic) bond motifs is 1. The molecule has 0 atom stereocenters. The lowest BCUT2D eigenvalue weighted by molar-refractivity contribution is -0.117. The van der Waals surface area contributed by atoms with E-state index in [1.54, 1.807) is 31.4 Å². The van der Waals surface area contributed by atoms with Gasteiger partial charge in [-0.15, -0.1) is 0 Å². The Kier molecular flexibility index (Phi) is 5.87. The van der Waals surface area contributed by atoms with Gasteiger partial charge in [0.05, 0.1) is 17.3 Å². The van der Waals surface area contributed by atoms with Crippen molar-refractivity contribution in [1.82, 2.24) is 9.88 Å². The van der Waals surface area contributed by atoms with Crippen molar-refractivity contribution in [3.63, 3.8) is 0 Å². The van der Waals surface area contributed by atoms with Crippen LogP contribution in [0.4, 0.5) is 10.5 Å². The van der Waals surface area contributed by atoms with E-state index in [0.29, 0.717) is 16.2 Å². The van der Waals surface area contributed by atoms with E-state index in [1.165, 1.54) is 11.3 Å². The van der Waals surface area contributed by atoms with Crippen LogP contribution < -0.4 is 20.2 Å². The highest BCUT2D eigenvalue weighted by molar-refractivity contribution is 7.16. The van der Waals surface area contributed by atoms with Crippen LogP contribution in [0.2, 0.25) is 0 Å². The molecule has 0 aliphatic heterocycles. The number of amides is 3. The number of methoxy groups -OCH3 is 1. The predicted molar refractivity (Wildman–Crippen MR) is 106 cm³/mol. The quantitative estimate of drug-likeness (QED) is 0.709. The fourth-order valence-corrected chi connectivity index (χ4v) is 3.52. The van der Waals surface area contributed by atoms with Gasteiger partial charge in [-0.05, 0) is 36.4 Å². The minimum Gasteiger partial charge on any atom is -0.497 e. The molecule has 0 aliphatic rings. The van der Waals surface area contributed by atoms with Crippen LogP contribution in [0.25, 0.3) is 10.2 Å². The van der Waals surface area contributed by atoms with Crippen LogP contribution in [0, 0.1) is 0 Å². The second kappa shape index (κ2) is 8.50. The Bertz CT molecular complexity index is 1020. The van der Waals surface area contributed by atoms with Crippen LogP contribution in [0.1, 0.15) is 6.42 Å². The van der Waals surface area contributed by atoms with Crippen molar-refractivity contribution in [2.75, 3.05) is 19.0 Å². The monoisotopic (exact) mass is 384 g/mol. The average Bonchev–Trinajstić information content (AvgIpc) is 2.98. The molecule has 2 aromatic carbocycles. The molecule has 0 bridgehead atoms. The Morgan fingerprint density at radius 1 is 1.15 bits per heavy atom. The molecule has 0 unspecified atom stereocenters. The Hall–Kier alpha value is -3.13. The number of nitrogens with one attached hydrogen (secondary N) is 2. The Balaban J connectivity index is 1.52. The molecule has 2 N–H and O–H groups in total. The largest absolute Gasteiger partial charge is 0.497 e. The van der Waals surface area contributed by atoms with Gasteiger partial charge in [0.15, 0.2) is 4.80 Å². The summed E-state index contributed by atoms with van der Waals surface area (Å²) in [7, 11) is 3.46. The maximum atomic E-state index is 12.1. The second-order valence-corrected chi connectivity index (χ2v) is 6.79. The Labute approximate surface area is 160 Å². The van der Waals surface area contributed by atoms with Gasteiger partial charge in [-0.2, -0.15) is 4.99 Å². The van der Waals surface area contributed by atoms with Crippen LogP contribution in [0.3, 0.4) is 0 Å². The lowest BCUT2D eigenvalue weighted by atomic mass is 10.3. The van der Waals surface area contributed by atoms with E-state index in [0.717, 1.165) is 10.2 Å². The molecule has 0 radical (unpaired) electrons. The number of urea groups is 1. The molecule has 1 heterocycles. The molecular formula is C19H20N4O3S. The summed E-state index contributed by atoms with van der Waals surface area (Å²) in [6.45, 7) is 0.207. The number of hydrogen-bond donors (Lipinski definition) is 2. The van der Waals surface area contributed by atoms with Crippen molar-refractivity contribution in [3.8, 4) is 5.75 Å². The normalized spacial score (nSPS) is 11.4. The topological polar surface area (TPSA) is 84.7 Å². The second-order valence-electron chi connectivity index (χ2n) is 5.78. The van der Waals surface area contributed by atoms with E-state index < -0.39 is 0 Å². The molecular weight excluding hydrogens is 364 g/mol. The minimum atomic E-state index is -0.375. The molecule has 0 fully saturated rings. The van der Waals surface area contributed by atoms with Gasteiger partial charge in [-0.3, -0.25) is 4.79 Å². The summed E-state index contributed by atoms with van der Waals surface area (Å²) in [5.74, 6) is 0.435. The zero-order valence-corrected chi connectivity index (χ0v) is 15.9. The third kappa shape index (κ3) is 4.73. The van der Waals surface area contributed by atoms with Crippen molar-refractivity contribution in [2.45, 2.75) is 6.42 Å². The summed E-state index contributed by atoms with van der Waals surface area (Å²) in [6, 6.07) is 14.5. The number of nitrogens with zero attached hydrogens (tertiary/aromatic N) is 2. The van der Waals surface area contributed by atoms with Gasteiger partial charge in [0, 0.05) is 25.7 Å². The number of aryl methyl sites for hydroxylation is 1. The van der Waals surface area contributed by atoms with Gasteiger partial charge in [0.25, 0.3) is 0 Å². The number of benzene rings is 2. The maximum Gasteiger partial charge on any atom is 0.319 e. The number of thiazole rings is 1. The van der Waals surface area contributed by atoms with E-state index in [1.807, 2.05) is 35.9 Å². The van der Waals surface area contributed by atoms with Gasteiger partial charge in [-0.25, -0.2) is 4.79 Å². The van der Waals surface area contributed by atoms with E-state index in [4.69, 9.17) is 4.74 Å². The zero-order valence-electron chi connectivity index (χ0n) is 15.1. The van der Waals surface area contributed by atoms with Gasteiger partial charge >= 0.3 is 6.03 Å². The molecule has 1 aromatic heterocycles. The fourth-order valence-electron chi connectivity index (χ4n) is 2.48. The van der Waals surface area contributed by atoms with Crippen molar-refractivity contribution < 1.29 is 14.3 Å². The maximum absolute atomic E-state index is 12.1. The Morgan fingerprint density at radius 2 is 1.89 bits per heavy atom. The smallest absolute Gasteiger partial charge is 0.319 e. The third-order valence-corrected chi connectivity index (χ3v) is 5.02. The highest BCUT2D eigenvalue weighted by Crippen LogP contribution is 2.15. The first-order chi connectivity index (χ1) is 13.1. The lowest BCUT2D eigenvalue weighted by Crippen LogP contribution is -2.30. The number of hydrogen-bond acceptors (Lipinski definition) is 4. The first-order valence-corrected chi connectivity index (χ1v) is 9.19. The van der Waals surface area contributed by atoms with Crippen LogP contribution in [-0.4, -0.2) is 30.2 Å². The molecule has 140 valence electrons. The molecule has 27 heavy (non-hydrogen) atoms. The SMILES string of the molecule is COc1ccc(NC(=O)NCCC(=O)N=c2sc3ccccc3n2C)cc1. The van der Waals surface area contributed by atoms with Crippen LogP contribution in [0.5, 0.6) is 5.75 Å². The van der Waals surface area contributed by atoms with E-state index in [9.17, 15) is 9.59 Å². The van der Waals surface area contributed by atoms with Crippen molar-refractivity contribution in [3.05, 3.63) is 53.3 Å². The van der Waals surface area contributed by atoms with Crippen molar-refractivity contribution >= 4 is 39.2 Å². The molecule has 8 heteroatoms. The van der Waals surface area contributed by atoms with E-state index in [-0.39, 0.29) is 24.9 Å². The number of carbonyl (C=O) groups excluding carboxylic acids is 2. The summed E-state index contributed by atoms with van der Waals surface area (Å²) in [6.07, 6.45) is 0.129. The van der Waals surface area contributed by atoms with E-state index >= 15 is 0 Å². The van der Waals surface area contributed by atoms with E-state index in [2.05, 4.69) is 15.6 Å². The molecule has 0 saturated heterocycles. The zero-order chi connectivity index (χ0) is 19.2. The van der Waals surface area contributed by atoms with Crippen molar-refractivity contribution in [1.29, 1.82) is 0 Å². The minimum absolute atomic E-state index is 0.129. The highest BCUT2D eigenvalue weighted by Gasteiger charge is 2.06. The molecule has 3 aromatic rings. The molecule has 3 rings (SSSR count).